The van der Waals surface area contributed by atoms with Crippen molar-refractivity contribution in [2.75, 3.05) is 25.8 Å². The summed E-state index contributed by atoms with van der Waals surface area (Å²) in [5.74, 6) is 0.411. The molecule has 0 aromatic rings. The maximum Gasteiger partial charge on any atom is 0.102 e. The summed E-state index contributed by atoms with van der Waals surface area (Å²) in [5.41, 5.74) is 0. The van der Waals surface area contributed by atoms with Gasteiger partial charge >= 0.3 is 0 Å². The van der Waals surface area contributed by atoms with Crippen LogP contribution in [-0.2, 0) is 9.47 Å². The van der Waals surface area contributed by atoms with E-state index in [2.05, 4.69) is 12.6 Å². The van der Waals surface area contributed by atoms with Gasteiger partial charge in [-0.15, -0.1) is 0 Å². The first-order chi connectivity index (χ1) is 4.91. The average Bonchev–Trinajstić information content (AvgIpc) is 1.97. The van der Waals surface area contributed by atoms with Crippen molar-refractivity contribution >= 4 is 12.6 Å². The molecule has 0 saturated heterocycles. The van der Waals surface area contributed by atoms with E-state index in [0.717, 1.165) is 32.7 Å². The second kappa shape index (κ2) is 9.27. The van der Waals surface area contributed by atoms with Gasteiger partial charge in [0.25, 0.3) is 0 Å². The minimum Gasteiger partial charge on any atom is -0.382 e. The van der Waals surface area contributed by atoms with Crippen molar-refractivity contribution in [1.29, 1.82) is 0 Å². The van der Waals surface area contributed by atoms with Gasteiger partial charge in [-0.3, -0.25) is 0 Å². The van der Waals surface area contributed by atoms with Gasteiger partial charge < -0.3 is 9.47 Å². The van der Waals surface area contributed by atoms with Crippen LogP contribution in [0.5, 0.6) is 0 Å². The van der Waals surface area contributed by atoms with Gasteiger partial charge in [0.2, 0.25) is 0 Å². The topological polar surface area (TPSA) is 18.5 Å². The second-order valence-electron chi connectivity index (χ2n) is 1.93. The fourth-order valence-corrected chi connectivity index (χ4v) is 0.729. The maximum atomic E-state index is 5.13. The van der Waals surface area contributed by atoms with Gasteiger partial charge in [0.15, 0.2) is 0 Å². The second-order valence-corrected chi connectivity index (χ2v) is 2.17. The Morgan fingerprint density at radius 1 is 1.10 bits per heavy atom. The van der Waals surface area contributed by atoms with Crippen LogP contribution in [-0.4, -0.2) is 25.8 Å². The fraction of sp³-hybridized carbons (Fsp3) is 1.00. The number of ether oxygens (including phenoxy) is 2. The Balaban J connectivity index is 2.65. The standard InChI is InChI=1S/C7H15O2S/c1-2-8-5-3-4-6-9-7-10/h2-7H2,1H3. The molecule has 0 aromatic carbocycles. The largest absolute Gasteiger partial charge is 0.382 e. The van der Waals surface area contributed by atoms with Crippen LogP contribution in [0.15, 0.2) is 0 Å². The molecule has 0 rings (SSSR count). The van der Waals surface area contributed by atoms with E-state index < -0.39 is 0 Å². The summed E-state index contributed by atoms with van der Waals surface area (Å²) in [5, 5.41) is 0. The van der Waals surface area contributed by atoms with Crippen molar-refractivity contribution in [2.45, 2.75) is 19.8 Å². The molecule has 0 amide bonds. The molecule has 1 radical (unpaired) electrons. The van der Waals surface area contributed by atoms with Crippen molar-refractivity contribution in [2.24, 2.45) is 0 Å². The molecule has 2 nitrogen and oxygen atoms in total. The summed E-state index contributed by atoms with van der Waals surface area (Å²) in [6.07, 6.45) is 2.12. The first-order valence-corrected chi connectivity index (χ1v) is 4.23. The molecule has 0 aliphatic carbocycles. The molecule has 0 atom stereocenters. The Morgan fingerprint density at radius 3 is 2.20 bits per heavy atom. The highest BCUT2D eigenvalue weighted by Crippen LogP contribution is 1.91. The summed E-state index contributed by atoms with van der Waals surface area (Å²) in [6.45, 7) is 4.43. The highest BCUT2D eigenvalue weighted by Gasteiger charge is 1.87. The van der Waals surface area contributed by atoms with Crippen LogP contribution in [0.1, 0.15) is 19.8 Å². The zero-order chi connectivity index (χ0) is 7.66. The number of unbranched alkanes of at least 4 members (excludes halogenated alkanes) is 1. The zero-order valence-electron chi connectivity index (χ0n) is 6.47. The Kier molecular flexibility index (Phi) is 9.52. The minimum absolute atomic E-state index is 0.411. The van der Waals surface area contributed by atoms with Crippen molar-refractivity contribution in [3.05, 3.63) is 0 Å². The van der Waals surface area contributed by atoms with E-state index in [0.29, 0.717) is 5.94 Å². The molecule has 0 unspecified atom stereocenters. The summed E-state index contributed by atoms with van der Waals surface area (Å²) < 4.78 is 10.1. The predicted octanol–water partition coefficient (Wildman–Crippen LogP) is 1.97. The average molecular weight is 163 g/mol. The van der Waals surface area contributed by atoms with Gasteiger partial charge in [0.1, 0.15) is 5.94 Å². The summed E-state index contributed by atoms with van der Waals surface area (Å²) in [4.78, 5) is 0. The Bertz CT molecular complexity index is 51.6. The van der Waals surface area contributed by atoms with E-state index in [-0.39, 0.29) is 0 Å². The summed E-state index contributed by atoms with van der Waals surface area (Å²) in [6, 6.07) is 0. The molecule has 0 fully saturated rings. The minimum atomic E-state index is 0.411. The SMILES string of the molecule is CCOCCCCOC[S]. The molecule has 10 heavy (non-hydrogen) atoms. The van der Waals surface area contributed by atoms with E-state index in [1.54, 1.807) is 0 Å². The lowest BCUT2D eigenvalue weighted by Gasteiger charge is -2.00. The van der Waals surface area contributed by atoms with E-state index in [4.69, 9.17) is 9.47 Å². The van der Waals surface area contributed by atoms with Crippen LogP contribution in [0.3, 0.4) is 0 Å². The van der Waals surface area contributed by atoms with Crippen LogP contribution in [0.25, 0.3) is 0 Å². The van der Waals surface area contributed by atoms with E-state index >= 15 is 0 Å². The van der Waals surface area contributed by atoms with E-state index in [1.807, 2.05) is 6.92 Å². The van der Waals surface area contributed by atoms with Gasteiger partial charge in [-0.1, -0.05) is 12.6 Å². The molecule has 0 aromatic heterocycles. The molecule has 0 heterocycles. The highest BCUT2D eigenvalue weighted by atomic mass is 32.1. The van der Waals surface area contributed by atoms with Crippen molar-refractivity contribution in [3.63, 3.8) is 0 Å². The third kappa shape index (κ3) is 8.27. The van der Waals surface area contributed by atoms with Crippen LogP contribution in [0, 0.1) is 0 Å². The van der Waals surface area contributed by atoms with Crippen molar-refractivity contribution in [3.8, 4) is 0 Å². The Hall–Kier alpha value is 0.270. The van der Waals surface area contributed by atoms with Gasteiger partial charge in [0, 0.05) is 19.8 Å². The summed E-state index contributed by atoms with van der Waals surface area (Å²) in [7, 11) is 0. The van der Waals surface area contributed by atoms with Gasteiger partial charge in [-0.25, -0.2) is 0 Å². The molecule has 0 spiro atoms. The van der Waals surface area contributed by atoms with Crippen molar-refractivity contribution in [1.82, 2.24) is 0 Å². The molecule has 61 valence electrons. The molecule has 3 heteroatoms. The summed E-state index contributed by atoms with van der Waals surface area (Å²) >= 11 is 4.60. The van der Waals surface area contributed by atoms with Gasteiger partial charge in [-0.2, -0.15) is 0 Å². The molecule has 0 aliphatic rings. The first kappa shape index (κ1) is 10.3. The normalized spacial score (nSPS) is 10.2. The number of hydrogen-bond donors (Lipinski definition) is 0. The van der Waals surface area contributed by atoms with Crippen LogP contribution in [0.2, 0.25) is 0 Å². The van der Waals surface area contributed by atoms with Crippen molar-refractivity contribution < 1.29 is 9.47 Å². The first-order valence-electron chi connectivity index (χ1n) is 3.65. The lowest BCUT2D eigenvalue weighted by atomic mass is 10.3. The molecular weight excluding hydrogens is 148 g/mol. The van der Waals surface area contributed by atoms with E-state index in [9.17, 15) is 0 Å². The number of rotatable bonds is 7. The Labute approximate surface area is 68.3 Å². The van der Waals surface area contributed by atoms with Crippen LogP contribution >= 0.6 is 12.6 Å². The lowest BCUT2D eigenvalue weighted by molar-refractivity contribution is 0.126. The Morgan fingerprint density at radius 2 is 1.70 bits per heavy atom. The molecular formula is C7H15O2S. The quantitative estimate of drug-likeness (QED) is 0.534. The van der Waals surface area contributed by atoms with Gasteiger partial charge in [0.05, 0.1) is 0 Å². The molecule has 0 bridgehead atoms. The lowest BCUT2D eigenvalue weighted by Crippen LogP contribution is -1.97. The fourth-order valence-electron chi connectivity index (χ4n) is 0.612. The predicted molar refractivity (Wildman–Crippen MR) is 44.1 cm³/mol. The molecule has 0 N–H and O–H groups in total. The third-order valence-corrected chi connectivity index (χ3v) is 1.28. The van der Waals surface area contributed by atoms with E-state index in [1.165, 1.54) is 0 Å². The molecule has 0 saturated carbocycles. The number of hydrogen-bond acceptors (Lipinski definition) is 2. The van der Waals surface area contributed by atoms with Crippen LogP contribution in [0.4, 0.5) is 0 Å². The van der Waals surface area contributed by atoms with Crippen LogP contribution < -0.4 is 0 Å². The maximum absolute atomic E-state index is 5.13. The third-order valence-electron chi connectivity index (χ3n) is 1.11. The van der Waals surface area contributed by atoms with Gasteiger partial charge in [-0.05, 0) is 19.8 Å². The highest BCUT2D eigenvalue weighted by molar-refractivity contribution is 7.80. The smallest absolute Gasteiger partial charge is 0.102 e. The molecule has 0 aliphatic heterocycles. The zero-order valence-corrected chi connectivity index (χ0v) is 7.28. The monoisotopic (exact) mass is 163 g/mol.